The van der Waals surface area contributed by atoms with Crippen molar-refractivity contribution >= 4 is 40.0 Å². The van der Waals surface area contributed by atoms with Gasteiger partial charge in [-0.15, -0.1) is 10.2 Å². The molecule has 1 heterocycles. The van der Waals surface area contributed by atoms with E-state index in [1.165, 1.54) is 23.1 Å². The van der Waals surface area contributed by atoms with Gasteiger partial charge in [-0.05, 0) is 42.7 Å². The molecule has 8 nitrogen and oxygen atoms in total. The van der Waals surface area contributed by atoms with Crippen LogP contribution in [0.4, 0.5) is 5.13 Å². The number of thioether (sulfide) groups is 1. The number of aryl methyl sites for hydroxylation is 1. The normalized spacial score (nSPS) is 10.5. The highest BCUT2D eigenvalue weighted by molar-refractivity contribution is 8.01. The minimum Gasteiger partial charge on any atom is -0.493 e. The van der Waals surface area contributed by atoms with Gasteiger partial charge in [-0.25, -0.2) is 0 Å². The van der Waals surface area contributed by atoms with Crippen molar-refractivity contribution in [3.8, 4) is 11.5 Å². The number of amides is 2. The fourth-order valence-electron chi connectivity index (χ4n) is 2.87. The van der Waals surface area contributed by atoms with Gasteiger partial charge >= 0.3 is 0 Å². The van der Waals surface area contributed by atoms with E-state index in [4.69, 9.17) is 9.47 Å². The molecule has 0 saturated carbocycles. The lowest BCUT2D eigenvalue weighted by molar-refractivity contribution is -0.118. The maximum Gasteiger partial charge on any atom is 0.257 e. The van der Waals surface area contributed by atoms with Crippen molar-refractivity contribution < 1.29 is 19.1 Å². The molecule has 10 heteroatoms. The van der Waals surface area contributed by atoms with Gasteiger partial charge in [0.05, 0.1) is 20.0 Å². The Kier molecular flexibility index (Phi) is 8.46. The lowest BCUT2D eigenvalue weighted by Gasteiger charge is -2.10. The van der Waals surface area contributed by atoms with Crippen LogP contribution in [0.3, 0.4) is 0 Å². The first-order valence-electron chi connectivity index (χ1n) is 9.81. The van der Waals surface area contributed by atoms with Crippen LogP contribution in [0.2, 0.25) is 0 Å². The molecule has 0 aliphatic rings. The Morgan fingerprint density at radius 2 is 1.84 bits per heavy atom. The molecule has 32 heavy (non-hydrogen) atoms. The number of nitrogens with zero attached hydrogens (tertiary/aromatic N) is 2. The van der Waals surface area contributed by atoms with E-state index in [2.05, 4.69) is 20.8 Å². The average Bonchev–Trinajstić information content (AvgIpc) is 3.25. The number of nitrogens with one attached hydrogen (secondary N) is 2. The van der Waals surface area contributed by atoms with Crippen LogP contribution in [-0.4, -0.2) is 48.5 Å². The number of rotatable bonds is 10. The van der Waals surface area contributed by atoms with Crippen LogP contribution in [-0.2, 0) is 11.2 Å². The molecule has 3 aromatic rings. The third kappa shape index (κ3) is 6.44. The van der Waals surface area contributed by atoms with Crippen molar-refractivity contribution in [2.75, 3.05) is 31.8 Å². The summed E-state index contributed by atoms with van der Waals surface area (Å²) in [6.45, 7) is 2.38. The number of carbonyl (C=O) groups is 2. The van der Waals surface area contributed by atoms with Gasteiger partial charge in [0.2, 0.25) is 11.0 Å². The lowest BCUT2D eigenvalue weighted by Crippen LogP contribution is -2.27. The van der Waals surface area contributed by atoms with E-state index < -0.39 is 0 Å². The summed E-state index contributed by atoms with van der Waals surface area (Å²) in [4.78, 5) is 24.5. The molecule has 2 amide bonds. The van der Waals surface area contributed by atoms with Crippen molar-refractivity contribution in [1.29, 1.82) is 0 Å². The molecule has 1 aromatic heterocycles. The SMILES string of the molecule is COc1ccc(CCNC(=O)CSc2nnc(NC(=O)c3ccccc3C)s2)cc1OC. The Bertz CT molecular complexity index is 1090. The van der Waals surface area contributed by atoms with Gasteiger partial charge in [-0.3, -0.25) is 14.9 Å². The van der Waals surface area contributed by atoms with Crippen molar-refractivity contribution in [2.24, 2.45) is 0 Å². The molecule has 2 N–H and O–H groups in total. The largest absolute Gasteiger partial charge is 0.493 e. The Morgan fingerprint density at radius 1 is 1.06 bits per heavy atom. The van der Waals surface area contributed by atoms with E-state index in [1.54, 1.807) is 20.3 Å². The van der Waals surface area contributed by atoms with E-state index in [9.17, 15) is 9.59 Å². The van der Waals surface area contributed by atoms with Crippen LogP contribution < -0.4 is 20.1 Å². The summed E-state index contributed by atoms with van der Waals surface area (Å²) in [5, 5.41) is 14.1. The first-order chi connectivity index (χ1) is 15.5. The highest BCUT2D eigenvalue weighted by Crippen LogP contribution is 2.28. The molecule has 0 spiro atoms. The monoisotopic (exact) mass is 472 g/mol. The summed E-state index contributed by atoms with van der Waals surface area (Å²) in [6.07, 6.45) is 0.671. The number of anilines is 1. The predicted octanol–water partition coefficient (Wildman–Crippen LogP) is 3.57. The second kappa shape index (κ2) is 11.5. The van der Waals surface area contributed by atoms with Crippen LogP contribution >= 0.6 is 23.1 Å². The lowest BCUT2D eigenvalue weighted by atomic mass is 10.1. The van der Waals surface area contributed by atoms with Crippen molar-refractivity contribution in [3.05, 3.63) is 59.2 Å². The maximum absolute atomic E-state index is 12.4. The first kappa shape index (κ1) is 23.6. The number of aromatic nitrogens is 2. The van der Waals surface area contributed by atoms with Gasteiger partial charge in [0.15, 0.2) is 15.8 Å². The summed E-state index contributed by atoms with van der Waals surface area (Å²) in [7, 11) is 3.18. The van der Waals surface area contributed by atoms with Crippen LogP contribution in [0.5, 0.6) is 11.5 Å². The van der Waals surface area contributed by atoms with Crippen LogP contribution in [0, 0.1) is 6.92 Å². The van der Waals surface area contributed by atoms with Gasteiger partial charge in [0, 0.05) is 12.1 Å². The topological polar surface area (TPSA) is 102 Å². The number of benzene rings is 2. The summed E-state index contributed by atoms with van der Waals surface area (Å²) in [5.41, 5.74) is 2.51. The fourth-order valence-corrected chi connectivity index (χ4v) is 4.45. The summed E-state index contributed by atoms with van der Waals surface area (Å²) in [5.74, 6) is 1.21. The number of hydrogen-bond donors (Lipinski definition) is 2. The Hall–Kier alpha value is -3.11. The van der Waals surface area contributed by atoms with Crippen LogP contribution in [0.15, 0.2) is 46.8 Å². The van der Waals surface area contributed by atoms with E-state index in [0.717, 1.165) is 11.1 Å². The molecular formula is C22H24N4O4S2. The smallest absolute Gasteiger partial charge is 0.257 e. The minimum atomic E-state index is -0.233. The van der Waals surface area contributed by atoms with Crippen molar-refractivity contribution in [2.45, 2.75) is 17.7 Å². The summed E-state index contributed by atoms with van der Waals surface area (Å²) >= 11 is 2.51. The molecule has 0 unspecified atom stereocenters. The van der Waals surface area contributed by atoms with E-state index in [1.807, 2.05) is 43.3 Å². The highest BCUT2D eigenvalue weighted by atomic mass is 32.2. The van der Waals surface area contributed by atoms with Gasteiger partial charge in [-0.1, -0.05) is 47.4 Å². The minimum absolute atomic E-state index is 0.101. The van der Waals surface area contributed by atoms with Gasteiger partial charge in [-0.2, -0.15) is 0 Å². The molecule has 0 saturated heterocycles. The molecule has 0 atom stereocenters. The standard InChI is InChI=1S/C22H24N4O4S2/c1-14-6-4-5-7-16(14)20(28)24-21-25-26-22(32-21)31-13-19(27)23-11-10-15-8-9-17(29-2)18(12-15)30-3/h4-9,12H,10-11,13H2,1-3H3,(H,23,27)(H,24,25,28). The molecule has 0 aliphatic heterocycles. The zero-order valence-electron chi connectivity index (χ0n) is 18.0. The predicted molar refractivity (Wildman–Crippen MR) is 126 cm³/mol. The van der Waals surface area contributed by atoms with Gasteiger partial charge in [0.1, 0.15) is 0 Å². The van der Waals surface area contributed by atoms with Gasteiger partial charge in [0.25, 0.3) is 5.91 Å². The average molecular weight is 473 g/mol. The molecule has 0 bridgehead atoms. The zero-order chi connectivity index (χ0) is 22.9. The number of carbonyl (C=O) groups excluding carboxylic acids is 2. The molecule has 0 fully saturated rings. The number of ether oxygens (including phenoxy) is 2. The molecule has 0 aliphatic carbocycles. The number of methoxy groups -OCH3 is 2. The molecular weight excluding hydrogens is 448 g/mol. The molecule has 3 rings (SSSR count). The van der Waals surface area contributed by atoms with Crippen LogP contribution in [0.25, 0.3) is 0 Å². The molecule has 168 valence electrons. The van der Waals surface area contributed by atoms with E-state index in [0.29, 0.717) is 39.5 Å². The second-order valence-corrected chi connectivity index (χ2v) is 8.92. The maximum atomic E-state index is 12.4. The number of hydrogen-bond acceptors (Lipinski definition) is 8. The summed E-state index contributed by atoms with van der Waals surface area (Å²) < 4.78 is 11.1. The van der Waals surface area contributed by atoms with Crippen LogP contribution in [0.1, 0.15) is 21.5 Å². The summed E-state index contributed by atoms with van der Waals surface area (Å²) in [6, 6.07) is 13.0. The first-order valence-corrected chi connectivity index (χ1v) is 11.6. The van der Waals surface area contributed by atoms with Crippen molar-refractivity contribution in [1.82, 2.24) is 15.5 Å². The van der Waals surface area contributed by atoms with E-state index >= 15 is 0 Å². The van der Waals surface area contributed by atoms with Crippen molar-refractivity contribution in [3.63, 3.8) is 0 Å². The fraction of sp³-hybridized carbons (Fsp3) is 0.273. The third-order valence-electron chi connectivity index (χ3n) is 4.53. The molecule has 2 aromatic carbocycles. The zero-order valence-corrected chi connectivity index (χ0v) is 19.6. The van der Waals surface area contributed by atoms with Gasteiger partial charge < -0.3 is 14.8 Å². The Labute approximate surface area is 194 Å². The molecule has 0 radical (unpaired) electrons. The highest BCUT2D eigenvalue weighted by Gasteiger charge is 2.13. The van der Waals surface area contributed by atoms with E-state index in [-0.39, 0.29) is 17.6 Å². The quantitative estimate of drug-likeness (QED) is 0.343. The third-order valence-corrected chi connectivity index (χ3v) is 6.50. The second-order valence-electron chi connectivity index (χ2n) is 6.72. The Morgan fingerprint density at radius 3 is 2.59 bits per heavy atom. The Balaban J connectivity index is 1.42.